The van der Waals surface area contributed by atoms with Crippen LogP contribution in [-0.4, -0.2) is 37.2 Å². The predicted octanol–water partition coefficient (Wildman–Crippen LogP) is 7.01. The van der Waals surface area contributed by atoms with Gasteiger partial charge in [0.25, 0.3) is 0 Å². The molecule has 0 aliphatic heterocycles. The third-order valence-corrected chi connectivity index (χ3v) is 9.82. The fourth-order valence-corrected chi connectivity index (χ4v) is 8.29. The van der Waals surface area contributed by atoms with Gasteiger partial charge in [-0.25, -0.2) is 0 Å². The molecule has 1 aromatic rings. The first kappa shape index (κ1) is 20.9. The molecule has 0 aliphatic rings. The van der Waals surface area contributed by atoms with E-state index < -0.39 is 0 Å². The van der Waals surface area contributed by atoms with Crippen LogP contribution in [0.25, 0.3) is 0 Å². The van der Waals surface area contributed by atoms with Gasteiger partial charge in [0, 0.05) is 18.3 Å². The van der Waals surface area contributed by atoms with Crippen molar-refractivity contribution < 1.29 is 0 Å². The summed E-state index contributed by atoms with van der Waals surface area (Å²) in [4.78, 5) is 2.74. The molecule has 0 atom stereocenters. The summed E-state index contributed by atoms with van der Waals surface area (Å²) in [6, 6.07) is 11.2. The van der Waals surface area contributed by atoms with Crippen LogP contribution < -0.4 is 4.90 Å². The van der Waals surface area contributed by atoms with Crippen molar-refractivity contribution in [3.05, 3.63) is 30.3 Å². The Hall–Kier alpha value is -0.120. The smallest absolute Gasteiger partial charge is 0.0380 e. The predicted molar refractivity (Wildman–Crippen MR) is 113 cm³/mol. The van der Waals surface area contributed by atoms with Crippen molar-refractivity contribution in [2.75, 3.05) is 42.1 Å². The zero-order chi connectivity index (χ0) is 16.9. The second kappa shape index (κ2) is 13.2. The van der Waals surface area contributed by atoms with Crippen molar-refractivity contribution >= 4 is 21.5 Å². The summed E-state index contributed by atoms with van der Waals surface area (Å²) in [6.45, 7) is 9.38. The van der Waals surface area contributed by atoms with E-state index in [1.54, 1.807) is 0 Å². The van der Waals surface area contributed by atoms with Crippen LogP contribution in [0.4, 0.5) is 5.69 Å². The molecule has 1 aromatic carbocycles. The molecular weight excluding hydrogens is 316 g/mol. The van der Waals surface area contributed by atoms with E-state index in [-0.39, 0.29) is 15.8 Å². The lowest BCUT2D eigenvalue weighted by atomic mass is 10.3. The van der Waals surface area contributed by atoms with Crippen molar-refractivity contribution in [2.45, 2.75) is 53.4 Å². The molecule has 0 aliphatic carbocycles. The summed E-state index contributed by atoms with van der Waals surface area (Å²) < 4.78 is 0. The maximum absolute atomic E-state index is 2.74. The second-order valence-corrected chi connectivity index (χ2v) is 11.4. The average molecular weight is 353 g/mol. The third-order valence-electron chi connectivity index (χ3n) is 4.02. The summed E-state index contributed by atoms with van der Waals surface area (Å²) >= 11 is 0. The van der Waals surface area contributed by atoms with Gasteiger partial charge in [-0.2, -0.15) is 0 Å². The summed E-state index contributed by atoms with van der Waals surface area (Å²) in [5.74, 6) is 0. The van der Waals surface area contributed by atoms with Crippen molar-refractivity contribution in [1.82, 2.24) is 0 Å². The molecule has 0 saturated carbocycles. The zero-order valence-electron chi connectivity index (χ0n) is 15.8. The molecule has 0 fully saturated rings. The van der Waals surface area contributed by atoms with E-state index in [4.69, 9.17) is 0 Å². The highest BCUT2D eigenvalue weighted by atomic mass is 31.1. The Labute approximate surface area is 147 Å². The number of rotatable bonds is 13. The molecule has 0 amide bonds. The van der Waals surface area contributed by atoms with Gasteiger partial charge in [-0.3, -0.25) is 0 Å². The Bertz CT molecular complexity index is 352. The largest absolute Gasteiger partial charge is 0.363 e. The Morgan fingerprint density at radius 2 is 1.04 bits per heavy atom. The number of hydrogen-bond donors (Lipinski definition) is 0. The molecule has 1 rings (SSSR count). The number of para-hydroxylation sites is 1. The minimum Gasteiger partial charge on any atom is -0.363 e. The molecule has 0 aromatic heterocycles. The molecule has 3 heteroatoms. The van der Waals surface area contributed by atoms with Crippen LogP contribution in [-0.2, 0) is 0 Å². The molecular formula is C20H37NP2. The minimum absolute atomic E-state index is 0.163. The van der Waals surface area contributed by atoms with Gasteiger partial charge in [-0.1, -0.05) is 87.4 Å². The maximum atomic E-state index is 2.74. The van der Waals surface area contributed by atoms with E-state index in [9.17, 15) is 0 Å². The summed E-state index contributed by atoms with van der Waals surface area (Å²) in [5, 5.41) is 0. The summed E-state index contributed by atoms with van der Waals surface area (Å²) in [6.07, 6.45) is 13.7. The van der Waals surface area contributed by atoms with Gasteiger partial charge in [-0.15, -0.1) is 0 Å². The van der Waals surface area contributed by atoms with Crippen molar-refractivity contribution in [3.63, 3.8) is 0 Å². The fourth-order valence-electron chi connectivity index (χ4n) is 3.10. The lowest BCUT2D eigenvalue weighted by Gasteiger charge is -2.33. The molecule has 1 nitrogen and oxygen atoms in total. The average Bonchev–Trinajstić information content (AvgIpc) is 2.56. The van der Waals surface area contributed by atoms with Crippen LogP contribution in [0.3, 0.4) is 0 Å². The molecule has 0 saturated heterocycles. The van der Waals surface area contributed by atoms with E-state index in [0.29, 0.717) is 0 Å². The van der Waals surface area contributed by atoms with Gasteiger partial charge >= 0.3 is 0 Å². The van der Waals surface area contributed by atoms with E-state index in [0.717, 1.165) is 0 Å². The lowest BCUT2D eigenvalue weighted by Crippen LogP contribution is -2.26. The van der Waals surface area contributed by atoms with E-state index in [2.05, 4.69) is 62.9 Å². The van der Waals surface area contributed by atoms with Gasteiger partial charge in [0.05, 0.1) is 0 Å². The molecule has 0 unspecified atom stereocenters. The SMILES string of the molecule is CCCP(CCC)CN(CP(CCC)CCC)c1ccccc1. The Morgan fingerprint density at radius 3 is 1.39 bits per heavy atom. The highest BCUT2D eigenvalue weighted by Gasteiger charge is 2.17. The van der Waals surface area contributed by atoms with E-state index in [1.807, 2.05) is 0 Å². The zero-order valence-corrected chi connectivity index (χ0v) is 17.6. The summed E-state index contributed by atoms with van der Waals surface area (Å²) in [7, 11) is 0.327. The van der Waals surface area contributed by atoms with Crippen molar-refractivity contribution in [2.24, 2.45) is 0 Å². The third kappa shape index (κ3) is 8.51. The maximum Gasteiger partial charge on any atom is 0.0380 e. The number of anilines is 1. The van der Waals surface area contributed by atoms with Crippen LogP contribution in [0.5, 0.6) is 0 Å². The summed E-state index contributed by atoms with van der Waals surface area (Å²) in [5.41, 5.74) is 1.45. The lowest BCUT2D eigenvalue weighted by molar-refractivity contribution is 0.981. The Morgan fingerprint density at radius 1 is 0.652 bits per heavy atom. The molecule has 0 heterocycles. The van der Waals surface area contributed by atoms with Gasteiger partial charge in [-0.05, 0) is 36.8 Å². The second-order valence-electron chi connectivity index (χ2n) is 6.39. The Balaban J connectivity index is 2.83. The molecule has 0 spiro atoms. The normalized spacial score (nSPS) is 11.4. The van der Waals surface area contributed by atoms with E-state index in [1.165, 1.54) is 68.6 Å². The molecule has 0 radical (unpaired) electrons. The van der Waals surface area contributed by atoms with Gasteiger partial charge in [0.1, 0.15) is 0 Å². The molecule has 0 bridgehead atoms. The van der Waals surface area contributed by atoms with Gasteiger partial charge in [0.2, 0.25) is 0 Å². The van der Waals surface area contributed by atoms with Crippen LogP contribution in [0.15, 0.2) is 30.3 Å². The van der Waals surface area contributed by atoms with E-state index >= 15 is 0 Å². The highest BCUT2D eigenvalue weighted by Crippen LogP contribution is 2.44. The first-order valence-electron chi connectivity index (χ1n) is 9.49. The van der Waals surface area contributed by atoms with Crippen LogP contribution in [0, 0.1) is 0 Å². The minimum atomic E-state index is 0.163. The Kier molecular flexibility index (Phi) is 12.0. The first-order valence-corrected chi connectivity index (χ1v) is 13.3. The van der Waals surface area contributed by atoms with Crippen LogP contribution >= 0.6 is 15.8 Å². The van der Waals surface area contributed by atoms with Gasteiger partial charge in [0.15, 0.2) is 0 Å². The molecule has 23 heavy (non-hydrogen) atoms. The van der Waals surface area contributed by atoms with Crippen LogP contribution in [0.2, 0.25) is 0 Å². The quantitative estimate of drug-likeness (QED) is 0.345. The topological polar surface area (TPSA) is 3.24 Å². The number of nitrogens with zero attached hydrogens (tertiary/aromatic N) is 1. The molecule has 132 valence electrons. The standard InChI is InChI=1S/C20H37NP2/c1-5-14-22(15-6-2)18-21(20-12-10-9-11-13-20)19-23(16-7-3)17-8-4/h9-13H,5-8,14-19H2,1-4H3. The highest BCUT2D eigenvalue weighted by molar-refractivity contribution is 7.58. The molecule has 0 N–H and O–H groups in total. The number of benzene rings is 1. The van der Waals surface area contributed by atoms with Crippen LogP contribution in [0.1, 0.15) is 53.4 Å². The van der Waals surface area contributed by atoms with Gasteiger partial charge < -0.3 is 4.90 Å². The fraction of sp³-hybridized carbons (Fsp3) is 0.700. The monoisotopic (exact) mass is 353 g/mol. The number of hydrogen-bond acceptors (Lipinski definition) is 1. The van der Waals surface area contributed by atoms with Crippen molar-refractivity contribution in [1.29, 1.82) is 0 Å². The first-order chi connectivity index (χ1) is 11.2. The van der Waals surface area contributed by atoms with Crippen molar-refractivity contribution in [3.8, 4) is 0 Å².